The van der Waals surface area contributed by atoms with Crippen molar-refractivity contribution < 1.29 is 18.7 Å². The third kappa shape index (κ3) is 2.42. The lowest BCUT2D eigenvalue weighted by molar-refractivity contribution is 0.102. The van der Waals surface area contributed by atoms with Crippen LogP contribution in [0.15, 0.2) is 41.3 Å². The Balaban J connectivity index is 1.80. The van der Waals surface area contributed by atoms with E-state index in [9.17, 15) is 9.18 Å². The molecule has 3 rings (SSSR count). The fourth-order valence-electron chi connectivity index (χ4n) is 1.83. The third-order valence-electron chi connectivity index (χ3n) is 2.84. The maximum absolute atomic E-state index is 13.1. The van der Waals surface area contributed by atoms with Crippen molar-refractivity contribution in [3.05, 3.63) is 47.8 Å². The Hall–Kier alpha value is -2.21. The summed E-state index contributed by atoms with van der Waals surface area (Å²) in [6.45, 7) is 0.174. The summed E-state index contributed by atoms with van der Waals surface area (Å²) in [7, 11) is 0. The van der Waals surface area contributed by atoms with Gasteiger partial charge in [0.1, 0.15) is 5.82 Å². The Bertz CT molecular complexity index is 690. The van der Waals surface area contributed by atoms with Gasteiger partial charge in [-0.3, -0.25) is 4.79 Å². The van der Waals surface area contributed by atoms with Crippen molar-refractivity contribution >= 4 is 24.2 Å². The van der Waals surface area contributed by atoms with E-state index >= 15 is 0 Å². The zero-order valence-electron chi connectivity index (χ0n) is 10.2. The molecule has 0 fully saturated rings. The Kier molecular flexibility index (Phi) is 3.23. The first-order chi connectivity index (χ1) is 9.63. The van der Waals surface area contributed by atoms with Gasteiger partial charge < -0.3 is 14.8 Å². The number of thiol groups is 1. The predicted molar refractivity (Wildman–Crippen MR) is 74.2 cm³/mol. The highest BCUT2D eigenvalue weighted by molar-refractivity contribution is 7.80. The fraction of sp³-hybridized carbons (Fsp3) is 0.0714. The van der Waals surface area contributed by atoms with Crippen LogP contribution in [0.3, 0.4) is 0 Å². The molecule has 6 heteroatoms. The maximum Gasteiger partial charge on any atom is 0.255 e. The van der Waals surface area contributed by atoms with Gasteiger partial charge >= 0.3 is 0 Å². The number of nitrogens with one attached hydrogen (secondary N) is 1. The molecule has 0 aromatic heterocycles. The lowest BCUT2D eigenvalue weighted by Crippen LogP contribution is -2.12. The molecular weight excluding hydrogens is 281 g/mol. The van der Waals surface area contributed by atoms with Gasteiger partial charge in [0.2, 0.25) is 6.79 Å². The van der Waals surface area contributed by atoms with E-state index in [0.717, 1.165) is 0 Å². The predicted octanol–water partition coefficient (Wildman–Crippen LogP) is 3.10. The molecule has 1 heterocycles. The highest BCUT2D eigenvalue weighted by Gasteiger charge is 2.15. The average Bonchev–Trinajstić information content (AvgIpc) is 2.89. The third-order valence-corrected chi connectivity index (χ3v) is 3.18. The van der Waals surface area contributed by atoms with Crippen molar-refractivity contribution in [2.24, 2.45) is 0 Å². The number of halogens is 1. The first-order valence-electron chi connectivity index (χ1n) is 5.83. The Labute approximate surface area is 119 Å². The second-order valence-electron chi connectivity index (χ2n) is 4.19. The van der Waals surface area contributed by atoms with E-state index in [2.05, 4.69) is 17.9 Å². The van der Waals surface area contributed by atoms with Gasteiger partial charge in [-0.1, -0.05) is 0 Å². The van der Waals surface area contributed by atoms with Crippen LogP contribution in [-0.2, 0) is 0 Å². The summed E-state index contributed by atoms with van der Waals surface area (Å²) in [5.41, 5.74) is 0.901. The van der Waals surface area contributed by atoms with Crippen LogP contribution in [0.25, 0.3) is 0 Å². The monoisotopic (exact) mass is 291 g/mol. The van der Waals surface area contributed by atoms with Crippen molar-refractivity contribution in [2.75, 3.05) is 12.1 Å². The summed E-state index contributed by atoms with van der Waals surface area (Å²) >= 11 is 3.95. The summed E-state index contributed by atoms with van der Waals surface area (Å²) in [5, 5.41) is 2.70. The molecule has 0 radical (unpaired) electrons. The minimum atomic E-state index is -0.465. The summed E-state index contributed by atoms with van der Waals surface area (Å²) in [5.74, 6) is 0.409. The topological polar surface area (TPSA) is 47.6 Å². The SMILES string of the molecule is O=C(Nc1ccc2c(c1)OCO2)c1ccc(F)c(S)c1. The largest absolute Gasteiger partial charge is 0.454 e. The number of fused-ring (bicyclic) bond motifs is 1. The van der Waals surface area contributed by atoms with E-state index in [1.165, 1.54) is 18.2 Å². The number of amides is 1. The highest BCUT2D eigenvalue weighted by Crippen LogP contribution is 2.34. The molecule has 0 saturated carbocycles. The molecule has 0 saturated heterocycles. The number of hydrogen-bond acceptors (Lipinski definition) is 4. The van der Waals surface area contributed by atoms with Gasteiger partial charge in [0.15, 0.2) is 11.5 Å². The fourth-order valence-corrected chi connectivity index (χ4v) is 2.05. The lowest BCUT2D eigenvalue weighted by Gasteiger charge is -2.07. The van der Waals surface area contributed by atoms with Crippen LogP contribution in [-0.4, -0.2) is 12.7 Å². The van der Waals surface area contributed by atoms with Crippen molar-refractivity contribution in [2.45, 2.75) is 4.90 Å². The van der Waals surface area contributed by atoms with Gasteiger partial charge in [-0.15, -0.1) is 12.6 Å². The molecule has 0 spiro atoms. The molecular formula is C14H10FNO3S. The van der Waals surface area contributed by atoms with Crippen LogP contribution in [0.5, 0.6) is 11.5 Å². The molecule has 2 aromatic rings. The molecule has 2 aromatic carbocycles. The Morgan fingerprint density at radius 3 is 2.75 bits per heavy atom. The standard InChI is InChI=1S/C14H10FNO3S/c15-10-3-1-8(5-13(10)20)14(17)16-9-2-4-11-12(6-9)19-7-18-11/h1-6,20H,7H2,(H,16,17). The highest BCUT2D eigenvalue weighted by atomic mass is 32.1. The molecule has 0 aliphatic carbocycles. The smallest absolute Gasteiger partial charge is 0.255 e. The molecule has 1 aliphatic rings. The van der Waals surface area contributed by atoms with Crippen molar-refractivity contribution in [3.8, 4) is 11.5 Å². The summed E-state index contributed by atoms with van der Waals surface area (Å²) in [6.07, 6.45) is 0. The summed E-state index contributed by atoms with van der Waals surface area (Å²) in [4.78, 5) is 12.2. The van der Waals surface area contributed by atoms with Gasteiger partial charge in [0.25, 0.3) is 5.91 Å². The summed E-state index contributed by atoms with van der Waals surface area (Å²) in [6, 6.07) is 9.07. The number of ether oxygens (including phenoxy) is 2. The van der Waals surface area contributed by atoms with Gasteiger partial charge in [0, 0.05) is 22.2 Å². The normalized spacial score (nSPS) is 12.3. The van der Waals surface area contributed by atoms with E-state index in [-0.39, 0.29) is 17.6 Å². The molecule has 1 amide bonds. The zero-order chi connectivity index (χ0) is 14.1. The number of rotatable bonds is 2. The molecule has 102 valence electrons. The van der Waals surface area contributed by atoms with Crippen molar-refractivity contribution in [1.82, 2.24) is 0 Å². The van der Waals surface area contributed by atoms with Gasteiger partial charge in [0.05, 0.1) is 0 Å². The number of carbonyl (C=O) groups is 1. The van der Waals surface area contributed by atoms with E-state index in [1.54, 1.807) is 18.2 Å². The van der Waals surface area contributed by atoms with E-state index in [1.807, 2.05) is 0 Å². The second kappa shape index (κ2) is 5.05. The zero-order valence-corrected chi connectivity index (χ0v) is 11.1. The van der Waals surface area contributed by atoms with E-state index in [0.29, 0.717) is 22.7 Å². The van der Waals surface area contributed by atoms with Crippen LogP contribution < -0.4 is 14.8 Å². The molecule has 0 bridgehead atoms. The van der Waals surface area contributed by atoms with Crippen molar-refractivity contribution in [3.63, 3.8) is 0 Å². The van der Waals surface area contributed by atoms with E-state index < -0.39 is 5.82 Å². The minimum absolute atomic E-state index is 0.128. The Morgan fingerprint density at radius 1 is 1.15 bits per heavy atom. The molecule has 4 nitrogen and oxygen atoms in total. The Morgan fingerprint density at radius 2 is 1.95 bits per heavy atom. The number of anilines is 1. The van der Waals surface area contributed by atoms with E-state index in [4.69, 9.17) is 9.47 Å². The van der Waals surface area contributed by atoms with Gasteiger partial charge in [-0.05, 0) is 30.3 Å². The molecule has 1 aliphatic heterocycles. The van der Waals surface area contributed by atoms with Crippen LogP contribution in [0.1, 0.15) is 10.4 Å². The molecule has 0 atom stereocenters. The van der Waals surface area contributed by atoms with Crippen LogP contribution in [0.4, 0.5) is 10.1 Å². The molecule has 20 heavy (non-hydrogen) atoms. The first kappa shape index (κ1) is 12.8. The summed E-state index contributed by atoms with van der Waals surface area (Å²) < 4.78 is 23.5. The lowest BCUT2D eigenvalue weighted by atomic mass is 10.2. The average molecular weight is 291 g/mol. The van der Waals surface area contributed by atoms with Crippen LogP contribution in [0.2, 0.25) is 0 Å². The quantitative estimate of drug-likeness (QED) is 0.836. The number of carbonyl (C=O) groups excluding carboxylic acids is 1. The maximum atomic E-state index is 13.1. The van der Waals surface area contributed by atoms with Crippen LogP contribution in [0, 0.1) is 5.82 Å². The number of hydrogen-bond donors (Lipinski definition) is 2. The first-order valence-corrected chi connectivity index (χ1v) is 6.28. The molecule has 1 N–H and O–H groups in total. The number of benzene rings is 2. The second-order valence-corrected chi connectivity index (χ2v) is 4.67. The van der Waals surface area contributed by atoms with Crippen LogP contribution >= 0.6 is 12.6 Å². The molecule has 0 unspecified atom stereocenters. The van der Waals surface area contributed by atoms with Gasteiger partial charge in [-0.2, -0.15) is 0 Å². The minimum Gasteiger partial charge on any atom is -0.454 e. The van der Waals surface area contributed by atoms with Gasteiger partial charge in [-0.25, -0.2) is 4.39 Å². The van der Waals surface area contributed by atoms with Crippen molar-refractivity contribution in [1.29, 1.82) is 0 Å².